The summed E-state index contributed by atoms with van der Waals surface area (Å²) in [6.45, 7) is 13.8. The Morgan fingerprint density at radius 1 is 1.00 bits per heavy atom. The summed E-state index contributed by atoms with van der Waals surface area (Å²) in [5.41, 5.74) is 8.24. The monoisotopic (exact) mass is 261 g/mol. The Bertz CT molecular complexity index is 397. The van der Waals surface area contributed by atoms with Crippen LogP contribution in [0.2, 0.25) is 0 Å². The fraction of sp³-hybridized carbons (Fsp3) is 0.625. The summed E-state index contributed by atoms with van der Waals surface area (Å²) in [7, 11) is 0. The van der Waals surface area contributed by atoms with Gasteiger partial charge in [-0.25, -0.2) is 0 Å². The fourth-order valence-electron chi connectivity index (χ4n) is 2.77. The third-order valence-corrected chi connectivity index (χ3v) is 4.23. The van der Waals surface area contributed by atoms with Crippen LogP contribution < -0.4 is 5.73 Å². The largest absolute Gasteiger partial charge is 0.399 e. The molecule has 0 aromatic heterocycles. The topological polar surface area (TPSA) is 32.5 Å². The Hall–Kier alpha value is -1.06. The maximum absolute atomic E-state index is 5.75. The van der Waals surface area contributed by atoms with Crippen LogP contribution in [0, 0.1) is 0 Å². The Morgan fingerprint density at radius 2 is 1.53 bits per heavy atom. The van der Waals surface area contributed by atoms with Gasteiger partial charge in [0.15, 0.2) is 0 Å². The van der Waals surface area contributed by atoms with Crippen molar-refractivity contribution in [3.05, 3.63) is 29.8 Å². The first kappa shape index (κ1) is 14.4. The van der Waals surface area contributed by atoms with Crippen molar-refractivity contribution in [2.45, 2.75) is 39.3 Å². The first-order valence-corrected chi connectivity index (χ1v) is 7.22. The number of nitrogens with two attached hydrogens (primary N) is 1. The van der Waals surface area contributed by atoms with Gasteiger partial charge in [0, 0.05) is 43.4 Å². The first-order chi connectivity index (χ1) is 8.88. The molecule has 2 rings (SSSR count). The van der Waals surface area contributed by atoms with Gasteiger partial charge < -0.3 is 5.73 Å². The van der Waals surface area contributed by atoms with E-state index in [1.807, 2.05) is 12.1 Å². The van der Waals surface area contributed by atoms with E-state index in [1.165, 1.54) is 5.56 Å². The van der Waals surface area contributed by atoms with Crippen molar-refractivity contribution < 1.29 is 0 Å². The Balaban J connectivity index is 1.96. The van der Waals surface area contributed by atoms with Gasteiger partial charge in [-0.3, -0.25) is 9.80 Å². The third-order valence-electron chi connectivity index (χ3n) is 4.23. The van der Waals surface area contributed by atoms with Gasteiger partial charge in [-0.15, -0.1) is 0 Å². The number of nitrogens with zero attached hydrogens (tertiary/aromatic N) is 2. The molecule has 2 N–H and O–H groups in total. The second-order valence-electron chi connectivity index (χ2n) is 6.54. The zero-order valence-corrected chi connectivity index (χ0v) is 12.7. The number of piperazine rings is 1. The summed E-state index contributed by atoms with van der Waals surface area (Å²) >= 11 is 0. The van der Waals surface area contributed by atoms with Crippen LogP contribution in [0.25, 0.3) is 0 Å². The van der Waals surface area contributed by atoms with Crippen LogP contribution in [-0.2, 0) is 0 Å². The van der Waals surface area contributed by atoms with Crippen LogP contribution in [0.1, 0.15) is 39.3 Å². The summed E-state index contributed by atoms with van der Waals surface area (Å²) in [6, 6.07) is 8.77. The highest BCUT2D eigenvalue weighted by Gasteiger charge is 2.27. The molecule has 1 fully saturated rings. The van der Waals surface area contributed by atoms with Gasteiger partial charge in [-0.1, -0.05) is 12.1 Å². The van der Waals surface area contributed by atoms with Gasteiger partial charge >= 0.3 is 0 Å². The predicted molar refractivity (Wildman–Crippen MR) is 82.2 cm³/mol. The SMILES string of the molecule is CC(c1ccc(N)cc1)N1CCN(C(C)(C)C)CC1. The molecule has 0 spiro atoms. The van der Waals surface area contributed by atoms with Gasteiger partial charge in [-0.2, -0.15) is 0 Å². The van der Waals surface area contributed by atoms with Gasteiger partial charge in [0.2, 0.25) is 0 Å². The number of nitrogen functional groups attached to an aromatic ring is 1. The van der Waals surface area contributed by atoms with Gasteiger partial charge in [0.25, 0.3) is 0 Å². The van der Waals surface area contributed by atoms with Crippen molar-refractivity contribution >= 4 is 5.69 Å². The second kappa shape index (κ2) is 5.51. The van der Waals surface area contributed by atoms with E-state index in [0.717, 1.165) is 31.9 Å². The fourth-order valence-corrected chi connectivity index (χ4v) is 2.77. The van der Waals surface area contributed by atoms with Crippen molar-refractivity contribution in [1.82, 2.24) is 9.80 Å². The molecular weight excluding hydrogens is 234 g/mol. The van der Waals surface area contributed by atoms with Crippen molar-refractivity contribution in [3.63, 3.8) is 0 Å². The van der Waals surface area contributed by atoms with E-state index in [9.17, 15) is 0 Å². The van der Waals surface area contributed by atoms with Gasteiger partial charge in [-0.05, 0) is 45.4 Å². The zero-order chi connectivity index (χ0) is 14.0. The van der Waals surface area contributed by atoms with Crippen molar-refractivity contribution in [2.24, 2.45) is 0 Å². The number of hydrogen-bond acceptors (Lipinski definition) is 3. The minimum absolute atomic E-state index is 0.288. The second-order valence-corrected chi connectivity index (χ2v) is 6.54. The maximum Gasteiger partial charge on any atom is 0.0320 e. The molecule has 3 heteroatoms. The molecule has 3 nitrogen and oxygen atoms in total. The molecule has 0 amide bonds. The molecule has 1 saturated heterocycles. The molecule has 0 aliphatic carbocycles. The van der Waals surface area contributed by atoms with Crippen molar-refractivity contribution in [1.29, 1.82) is 0 Å². The smallest absolute Gasteiger partial charge is 0.0320 e. The minimum Gasteiger partial charge on any atom is -0.399 e. The molecule has 106 valence electrons. The van der Waals surface area contributed by atoms with E-state index < -0.39 is 0 Å². The highest BCUT2D eigenvalue weighted by Crippen LogP contribution is 2.24. The minimum atomic E-state index is 0.288. The molecule has 1 atom stereocenters. The van der Waals surface area contributed by atoms with Crippen LogP contribution >= 0.6 is 0 Å². The van der Waals surface area contributed by atoms with E-state index in [0.29, 0.717) is 6.04 Å². The lowest BCUT2D eigenvalue weighted by Crippen LogP contribution is -2.53. The van der Waals surface area contributed by atoms with Crippen LogP contribution in [0.5, 0.6) is 0 Å². The summed E-state index contributed by atoms with van der Waals surface area (Å²) in [6.07, 6.45) is 0. The molecular formula is C16H27N3. The predicted octanol–water partition coefficient (Wildman–Crippen LogP) is 2.75. The average Bonchev–Trinajstić information content (AvgIpc) is 2.38. The van der Waals surface area contributed by atoms with E-state index in [4.69, 9.17) is 5.73 Å². The molecule has 1 heterocycles. The Morgan fingerprint density at radius 3 is 2.00 bits per heavy atom. The van der Waals surface area contributed by atoms with Crippen molar-refractivity contribution in [2.75, 3.05) is 31.9 Å². The number of rotatable bonds is 2. The molecule has 19 heavy (non-hydrogen) atoms. The third kappa shape index (κ3) is 3.48. The number of hydrogen-bond donors (Lipinski definition) is 1. The number of benzene rings is 1. The molecule has 1 unspecified atom stereocenters. The van der Waals surface area contributed by atoms with E-state index in [2.05, 4.69) is 49.6 Å². The van der Waals surface area contributed by atoms with Gasteiger partial charge in [0.1, 0.15) is 0 Å². The normalized spacial score (nSPS) is 20.4. The molecule has 1 aliphatic rings. The maximum atomic E-state index is 5.75. The molecule has 0 saturated carbocycles. The summed E-state index contributed by atoms with van der Waals surface area (Å²) < 4.78 is 0. The summed E-state index contributed by atoms with van der Waals surface area (Å²) in [5.74, 6) is 0. The Kier molecular flexibility index (Phi) is 4.16. The van der Waals surface area contributed by atoms with E-state index >= 15 is 0 Å². The lowest BCUT2D eigenvalue weighted by atomic mass is 10.0. The molecule has 1 aromatic rings. The molecule has 1 aromatic carbocycles. The highest BCUT2D eigenvalue weighted by molar-refractivity contribution is 5.40. The lowest BCUT2D eigenvalue weighted by Gasteiger charge is -2.44. The molecule has 0 bridgehead atoms. The van der Waals surface area contributed by atoms with Crippen molar-refractivity contribution in [3.8, 4) is 0 Å². The van der Waals surface area contributed by atoms with Gasteiger partial charge in [0.05, 0.1) is 0 Å². The van der Waals surface area contributed by atoms with E-state index in [-0.39, 0.29) is 5.54 Å². The zero-order valence-electron chi connectivity index (χ0n) is 12.7. The van der Waals surface area contributed by atoms with Crippen LogP contribution in [0.4, 0.5) is 5.69 Å². The summed E-state index contributed by atoms with van der Waals surface area (Å²) in [5, 5.41) is 0. The van der Waals surface area contributed by atoms with Crippen LogP contribution in [-0.4, -0.2) is 41.5 Å². The molecule has 0 radical (unpaired) electrons. The lowest BCUT2D eigenvalue weighted by molar-refractivity contribution is 0.0454. The van der Waals surface area contributed by atoms with Crippen LogP contribution in [0.3, 0.4) is 0 Å². The summed E-state index contributed by atoms with van der Waals surface area (Å²) in [4.78, 5) is 5.13. The van der Waals surface area contributed by atoms with Crippen LogP contribution in [0.15, 0.2) is 24.3 Å². The van der Waals surface area contributed by atoms with E-state index in [1.54, 1.807) is 0 Å². The standard InChI is InChI=1S/C16H27N3/c1-13(14-5-7-15(17)8-6-14)18-9-11-19(12-10-18)16(2,3)4/h5-8,13H,9-12,17H2,1-4H3. The quantitative estimate of drug-likeness (QED) is 0.831. The Labute approximate surface area is 117 Å². The highest BCUT2D eigenvalue weighted by atomic mass is 15.3. The first-order valence-electron chi connectivity index (χ1n) is 7.22. The average molecular weight is 261 g/mol. The number of anilines is 1. The molecule has 1 aliphatic heterocycles.